The lowest BCUT2D eigenvalue weighted by Crippen LogP contribution is -2.22. The molecule has 0 fully saturated rings. The molecule has 3 aromatic rings. The molecule has 0 saturated heterocycles. The van der Waals surface area contributed by atoms with E-state index in [9.17, 15) is 0 Å². The summed E-state index contributed by atoms with van der Waals surface area (Å²) in [6.07, 6.45) is 0. The molecular weight excluding hydrogens is 310 g/mol. The zero-order valence-electron chi connectivity index (χ0n) is 14.5. The number of nitrogens with two attached hydrogens (primary N) is 1. The second kappa shape index (κ2) is 5.81. The summed E-state index contributed by atoms with van der Waals surface area (Å²) in [5.41, 5.74) is 8.87. The molecule has 25 heavy (non-hydrogen) atoms. The minimum Gasteiger partial charge on any atom is -0.453 e. The number of fused-ring (bicyclic) bond motifs is 4. The molecular formula is C21H21N3O. The van der Waals surface area contributed by atoms with Crippen molar-refractivity contribution in [3.63, 3.8) is 0 Å². The molecule has 0 aliphatic carbocycles. The van der Waals surface area contributed by atoms with Crippen molar-refractivity contribution in [2.45, 2.75) is 13.8 Å². The average molecular weight is 331 g/mol. The van der Waals surface area contributed by atoms with E-state index in [4.69, 9.17) is 15.5 Å². The van der Waals surface area contributed by atoms with Crippen molar-refractivity contribution in [2.24, 2.45) is 4.99 Å². The van der Waals surface area contributed by atoms with Gasteiger partial charge in [-0.2, -0.15) is 0 Å². The van der Waals surface area contributed by atoms with Crippen LogP contribution < -0.4 is 25.9 Å². The second-order valence-corrected chi connectivity index (χ2v) is 6.19. The third kappa shape index (κ3) is 2.41. The molecule has 1 aliphatic heterocycles. The SMILES string of the molecule is C=c1cc2c(c3c(N)cccc13)=Nc1ccc(N(CC)CC)cc1O2. The van der Waals surface area contributed by atoms with Crippen molar-refractivity contribution in [1.29, 1.82) is 0 Å². The maximum absolute atomic E-state index is 6.22. The molecule has 126 valence electrons. The first-order valence-electron chi connectivity index (χ1n) is 8.58. The molecule has 4 heteroatoms. The Bertz CT molecular complexity index is 1080. The van der Waals surface area contributed by atoms with Gasteiger partial charge in [-0.1, -0.05) is 18.7 Å². The first-order chi connectivity index (χ1) is 12.1. The number of hydrogen-bond donors (Lipinski definition) is 1. The van der Waals surface area contributed by atoms with Crippen molar-refractivity contribution in [3.8, 4) is 11.5 Å². The van der Waals surface area contributed by atoms with Crippen LogP contribution in [0.2, 0.25) is 0 Å². The van der Waals surface area contributed by atoms with Crippen LogP contribution in [-0.2, 0) is 0 Å². The van der Waals surface area contributed by atoms with Gasteiger partial charge in [0.2, 0.25) is 0 Å². The van der Waals surface area contributed by atoms with Gasteiger partial charge < -0.3 is 15.4 Å². The third-order valence-electron chi connectivity index (χ3n) is 4.74. The Morgan fingerprint density at radius 2 is 1.88 bits per heavy atom. The summed E-state index contributed by atoms with van der Waals surface area (Å²) in [5, 5.41) is 3.58. The van der Waals surface area contributed by atoms with E-state index in [0.717, 1.165) is 51.6 Å². The number of anilines is 2. The second-order valence-electron chi connectivity index (χ2n) is 6.19. The molecule has 4 nitrogen and oxygen atoms in total. The van der Waals surface area contributed by atoms with Gasteiger partial charge in [0.15, 0.2) is 11.5 Å². The lowest BCUT2D eigenvalue weighted by atomic mass is 10.0. The summed E-state index contributed by atoms with van der Waals surface area (Å²) < 4.78 is 6.19. The highest BCUT2D eigenvalue weighted by Crippen LogP contribution is 2.37. The van der Waals surface area contributed by atoms with Gasteiger partial charge in [0.05, 0.1) is 0 Å². The van der Waals surface area contributed by atoms with Crippen LogP contribution in [0.15, 0.2) is 47.5 Å². The molecule has 0 bridgehead atoms. The first-order valence-corrected chi connectivity index (χ1v) is 8.58. The highest BCUT2D eigenvalue weighted by Gasteiger charge is 2.17. The van der Waals surface area contributed by atoms with Crippen molar-refractivity contribution >= 4 is 34.4 Å². The number of rotatable bonds is 3. The van der Waals surface area contributed by atoms with E-state index in [1.54, 1.807) is 0 Å². The monoisotopic (exact) mass is 331 g/mol. The van der Waals surface area contributed by atoms with E-state index in [1.807, 2.05) is 30.3 Å². The number of benzene rings is 3. The van der Waals surface area contributed by atoms with Crippen molar-refractivity contribution in [3.05, 3.63) is 53.0 Å². The van der Waals surface area contributed by atoms with Gasteiger partial charge in [-0.3, -0.25) is 0 Å². The molecule has 1 heterocycles. The zero-order chi connectivity index (χ0) is 17.6. The number of nitrogens with zero attached hydrogens (tertiary/aromatic N) is 2. The van der Waals surface area contributed by atoms with Crippen molar-refractivity contribution < 1.29 is 4.74 Å². The van der Waals surface area contributed by atoms with Crippen LogP contribution in [0.5, 0.6) is 11.5 Å². The van der Waals surface area contributed by atoms with Gasteiger partial charge in [-0.25, -0.2) is 4.99 Å². The molecule has 0 amide bonds. The van der Waals surface area contributed by atoms with Crippen LogP contribution in [0, 0.1) is 0 Å². The van der Waals surface area contributed by atoms with E-state index in [2.05, 4.69) is 37.5 Å². The summed E-state index contributed by atoms with van der Waals surface area (Å²) >= 11 is 0. The lowest BCUT2D eigenvalue weighted by Gasteiger charge is -2.23. The predicted octanol–water partition coefficient (Wildman–Crippen LogP) is 3.74. The molecule has 0 radical (unpaired) electrons. The summed E-state index contributed by atoms with van der Waals surface area (Å²) in [7, 11) is 0. The summed E-state index contributed by atoms with van der Waals surface area (Å²) in [6, 6.07) is 13.9. The summed E-state index contributed by atoms with van der Waals surface area (Å²) in [5.74, 6) is 1.48. The Kier molecular flexibility index (Phi) is 3.61. The molecule has 0 spiro atoms. The molecule has 3 aromatic carbocycles. The Labute approximate surface area is 146 Å². The van der Waals surface area contributed by atoms with E-state index < -0.39 is 0 Å². The minimum absolute atomic E-state index is 0.690. The van der Waals surface area contributed by atoms with Crippen molar-refractivity contribution in [2.75, 3.05) is 23.7 Å². The fraction of sp³-hybridized carbons (Fsp3) is 0.190. The maximum atomic E-state index is 6.22. The fourth-order valence-corrected chi connectivity index (χ4v) is 3.42. The molecule has 0 atom stereocenters. The molecule has 1 aliphatic rings. The highest BCUT2D eigenvalue weighted by molar-refractivity contribution is 5.94. The van der Waals surface area contributed by atoms with Crippen molar-refractivity contribution in [1.82, 2.24) is 0 Å². The van der Waals surface area contributed by atoms with Gasteiger partial charge in [0, 0.05) is 35.9 Å². The van der Waals surface area contributed by atoms with Gasteiger partial charge in [-0.05, 0) is 48.7 Å². The Morgan fingerprint density at radius 1 is 1.08 bits per heavy atom. The lowest BCUT2D eigenvalue weighted by molar-refractivity contribution is 0.471. The Balaban J connectivity index is 1.97. The van der Waals surface area contributed by atoms with E-state index in [-0.39, 0.29) is 0 Å². The predicted molar refractivity (Wildman–Crippen MR) is 104 cm³/mol. The third-order valence-corrected chi connectivity index (χ3v) is 4.74. The van der Waals surface area contributed by atoms with Crippen LogP contribution in [-0.4, -0.2) is 13.1 Å². The minimum atomic E-state index is 0.690. The zero-order valence-corrected chi connectivity index (χ0v) is 14.5. The normalized spacial score (nSPS) is 12.1. The van der Waals surface area contributed by atoms with E-state index in [0.29, 0.717) is 11.4 Å². The van der Waals surface area contributed by atoms with Gasteiger partial charge in [0.25, 0.3) is 0 Å². The number of ether oxygens (including phenoxy) is 1. The van der Waals surface area contributed by atoms with E-state index in [1.165, 1.54) is 0 Å². The van der Waals surface area contributed by atoms with Crippen LogP contribution >= 0.6 is 0 Å². The Hall–Kier alpha value is -3.01. The van der Waals surface area contributed by atoms with Crippen LogP contribution in [0.3, 0.4) is 0 Å². The molecule has 2 N–H and O–H groups in total. The Morgan fingerprint density at radius 3 is 2.64 bits per heavy atom. The number of nitrogen functional groups attached to an aromatic ring is 1. The molecule has 0 saturated carbocycles. The summed E-state index contributed by atoms with van der Waals surface area (Å²) in [4.78, 5) is 7.12. The van der Waals surface area contributed by atoms with E-state index >= 15 is 0 Å². The molecule has 4 rings (SSSR count). The molecule has 0 aromatic heterocycles. The smallest absolute Gasteiger partial charge is 0.155 e. The van der Waals surface area contributed by atoms with Gasteiger partial charge in [-0.15, -0.1) is 0 Å². The first kappa shape index (κ1) is 15.5. The van der Waals surface area contributed by atoms with Crippen LogP contribution in [0.25, 0.3) is 17.4 Å². The largest absolute Gasteiger partial charge is 0.453 e. The van der Waals surface area contributed by atoms with Crippen LogP contribution in [0.1, 0.15) is 13.8 Å². The fourth-order valence-electron chi connectivity index (χ4n) is 3.42. The van der Waals surface area contributed by atoms with Gasteiger partial charge >= 0.3 is 0 Å². The average Bonchev–Trinajstić information content (AvgIpc) is 2.61. The molecule has 0 unspecified atom stereocenters. The van der Waals surface area contributed by atoms with Crippen LogP contribution in [0.4, 0.5) is 17.1 Å². The maximum Gasteiger partial charge on any atom is 0.155 e. The quantitative estimate of drug-likeness (QED) is 0.582. The highest BCUT2D eigenvalue weighted by atomic mass is 16.5. The van der Waals surface area contributed by atoms with Gasteiger partial charge in [0.1, 0.15) is 11.0 Å². The number of hydrogen-bond acceptors (Lipinski definition) is 4. The summed E-state index contributed by atoms with van der Waals surface area (Å²) in [6.45, 7) is 10.3. The standard InChI is InChI=1S/C21H21N3O/c1-4-24(5-2)14-9-10-17-18(12-14)25-19-11-13(3)15-7-6-8-16(22)20(15)21(19)23-17/h6-12H,3-5,22H2,1-2H3. The topological polar surface area (TPSA) is 50.8 Å².